The molecule has 2 atom stereocenters. The Morgan fingerprint density at radius 3 is 2.44 bits per heavy atom. The summed E-state index contributed by atoms with van der Waals surface area (Å²) in [6, 6.07) is 15.7. The van der Waals surface area contributed by atoms with E-state index < -0.39 is 5.38 Å². The minimum absolute atomic E-state index is 0.0749. The fourth-order valence-corrected chi connectivity index (χ4v) is 4.32. The number of benzene rings is 2. The smallest absolute Gasteiger partial charge is 0.242 e. The van der Waals surface area contributed by atoms with Crippen molar-refractivity contribution in [1.82, 2.24) is 0 Å². The van der Waals surface area contributed by atoms with Gasteiger partial charge in [-0.2, -0.15) is 0 Å². The topological polar surface area (TPSA) is 49.4 Å². The molecule has 6 heteroatoms. The van der Waals surface area contributed by atoms with Gasteiger partial charge in [0.05, 0.1) is 5.75 Å². The third-order valence-electron chi connectivity index (χ3n) is 4.51. The summed E-state index contributed by atoms with van der Waals surface area (Å²) in [6.45, 7) is 5.91. The molecule has 0 aromatic heterocycles. The van der Waals surface area contributed by atoms with Gasteiger partial charge in [-0.3, -0.25) is 14.5 Å². The van der Waals surface area contributed by atoms with Crippen molar-refractivity contribution in [2.75, 3.05) is 16.0 Å². The van der Waals surface area contributed by atoms with E-state index in [0.717, 1.165) is 11.3 Å². The van der Waals surface area contributed by atoms with Crippen molar-refractivity contribution in [3.8, 4) is 0 Å². The normalized spacial score (nSPS) is 18.0. The molecule has 142 valence electrons. The van der Waals surface area contributed by atoms with Gasteiger partial charge in [0.1, 0.15) is 10.8 Å². The zero-order valence-corrected chi connectivity index (χ0v) is 17.2. The van der Waals surface area contributed by atoms with Crippen molar-refractivity contribution in [1.29, 1.82) is 0 Å². The second-order valence-electron chi connectivity index (χ2n) is 6.87. The number of alkyl halides is 1. The summed E-state index contributed by atoms with van der Waals surface area (Å²) in [5.74, 6) is 0.670. The highest BCUT2D eigenvalue weighted by molar-refractivity contribution is 8.00. The Kier molecular flexibility index (Phi) is 6.12. The van der Waals surface area contributed by atoms with E-state index in [2.05, 4.69) is 25.2 Å². The Balaban J connectivity index is 1.88. The lowest BCUT2D eigenvalue weighted by Gasteiger charge is -2.27. The number of thioether (sulfide) groups is 1. The van der Waals surface area contributed by atoms with Crippen LogP contribution in [-0.2, 0) is 9.59 Å². The Morgan fingerprint density at radius 2 is 1.81 bits per heavy atom. The van der Waals surface area contributed by atoms with Gasteiger partial charge < -0.3 is 5.32 Å². The van der Waals surface area contributed by atoms with Gasteiger partial charge in [0.2, 0.25) is 11.8 Å². The second kappa shape index (κ2) is 8.36. The minimum Gasteiger partial charge on any atom is -0.325 e. The summed E-state index contributed by atoms with van der Waals surface area (Å²) in [5.41, 5.74) is 3.86. The van der Waals surface area contributed by atoms with Crippen LogP contribution in [0.2, 0.25) is 0 Å². The number of hydrogen-bond acceptors (Lipinski definition) is 3. The fraction of sp³-hybridized carbons (Fsp3) is 0.333. The predicted octanol–water partition coefficient (Wildman–Crippen LogP) is 5.15. The van der Waals surface area contributed by atoms with Crippen LogP contribution in [0.25, 0.3) is 0 Å². The lowest BCUT2D eigenvalue weighted by Crippen LogP contribution is -2.29. The summed E-state index contributed by atoms with van der Waals surface area (Å²) < 4.78 is 0. The van der Waals surface area contributed by atoms with Gasteiger partial charge in [0, 0.05) is 11.4 Å². The zero-order chi connectivity index (χ0) is 19.6. The first kappa shape index (κ1) is 19.8. The molecule has 2 aromatic carbocycles. The van der Waals surface area contributed by atoms with E-state index in [0.29, 0.717) is 17.4 Å². The first-order valence-corrected chi connectivity index (χ1v) is 10.4. The van der Waals surface area contributed by atoms with Crippen molar-refractivity contribution in [2.24, 2.45) is 0 Å². The zero-order valence-electron chi connectivity index (χ0n) is 15.6. The third kappa shape index (κ3) is 4.30. The first-order valence-electron chi connectivity index (χ1n) is 8.96. The Hall–Kier alpha value is -1.98. The van der Waals surface area contributed by atoms with E-state index in [1.165, 1.54) is 5.56 Å². The molecule has 1 N–H and O–H groups in total. The average Bonchev–Trinajstić information content (AvgIpc) is 3.03. The van der Waals surface area contributed by atoms with Gasteiger partial charge in [0.15, 0.2) is 0 Å². The Morgan fingerprint density at radius 1 is 1.15 bits per heavy atom. The van der Waals surface area contributed by atoms with Gasteiger partial charge >= 0.3 is 0 Å². The number of nitrogens with zero attached hydrogens (tertiary/aromatic N) is 1. The highest BCUT2D eigenvalue weighted by Crippen LogP contribution is 2.44. The third-order valence-corrected chi connectivity index (χ3v) is 5.92. The maximum atomic E-state index is 12.7. The Bertz CT molecular complexity index is 836. The molecule has 1 heterocycles. The number of carbonyl (C=O) groups excluding carboxylic acids is 2. The van der Waals surface area contributed by atoms with E-state index in [1.807, 2.05) is 47.4 Å². The standard InChI is InChI=1S/C21H23ClN2O2S/c1-13(2)17-6-4-5-7-18(17)24-19(25)12-27-21(24)15-8-10-16(11-9-15)23-20(26)14(3)22/h4-11,13-14,21H,12H2,1-3H3,(H,23,26)/t14-,21+/m1/s1. The van der Waals surface area contributed by atoms with Gasteiger partial charge in [0.25, 0.3) is 0 Å². The lowest BCUT2D eigenvalue weighted by molar-refractivity contribution is -0.116. The van der Waals surface area contributed by atoms with E-state index in [1.54, 1.807) is 18.7 Å². The molecule has 1 aliphatic rings. The van der Waals surface area contributed by atoms with Crippen LogP contribution in [0, 0.1) is 0 Å². The summed E-state index contributed by atoms with van der Waals surface area (Å²) in [6.07, 6.45) is 0. The fourth-order valence-electron chi connectivity index (χ4n) is 3.10. The molecule has 0 unspecified atom stereocenters. The van der Waals surface area contributed by atoms with Gasteiger partial charge in [-0.05, 0) is 42.2 Å². The van der Waals surface area contributed by atoms with Crippen LogP contribution in [0.3, 0.4) is 0 Å². The van der Waals surface area contributed by atoms with Gasteiger partial charge in [-0.1, -0.05) is 44.2 Å². The summed E-state index contributed by atoms with van der Waals surface area (Å²) in [7, 11) is 0. The molecule has 0 aliphatic carbocycles. The molecule has 27 heavy (non-hydrogen) atoms. The summed E-state index contributed by atoms with van der Waals surface area (Å²) >= 11 is 7.42. The van der Waals surface area contributed by atoms with Crippen LogP contribution >= 0.6 is 23.4 Å². The summed E-state index contributed by atoms with van der Waals surface area (Å²) in [4.78, 5) is 26.3. The molecular weight excluding hydrogens is 380 g/mol. The molecule has 2 aromatic rings. The number of carbonyl (C=O) groups is 2. The average molecular weight is 403 g/mol. The number of halogens is 1. The predicted molar refractivity (Wildman–Crippen MR) is 114 cm³/mol. The van der Waals surface area contributed by atoms with Crippen molar-refractivity contribution >= 4 is 46.6 Å². The molecular formula is C21H23ClN2O2S. The molecule has 0 spiro atoms. The van der Waals surface area contributed by atoms with E-state index in [-0.39, 0.29) is 17.2 Å². The maximum Gasteiger partial charge on any atom is 0.242 e. The van der Waals surface area contributed by atoms with Crippen LogP contribution in [0.5, 0.6) is 0 Å². The summed E-state index contributed by atoms with van der Waals surface area (Å²) in [5, 5.41) is 2.11. The van der Waals surface area contributed by atoms with Crippen molar-refractivity contribution in [3.63, 3.8) is 0 Å². The second-order valence-corrected chi connectivity index (χ2v) is 8.59. The van der Waals surface area contributed by atoms with E-state index in [9.17, 15) is 9.59 Å². The minimum atomic E-state index is -0.587. The number of hydrogen-bond donors (Lipinski definition) is 1. The molecule has 0 radical (unpaired) electrons. The van der Waals surface area contributed by atoms with E-state index >= 15 is 0 Å². The number of rotatable bonds is 5. The van der Waals surface area contributed by atoms with Crippen LogP contribution in [0.4, 0.5) is 11.4 Å². The van der Waals surface area contributed by atoms with Gasteiger partial charge in [-0.15, -0.1) is 23.4 Å². The van der Waals surface area contributed by atoms with Crippen LogP contribution in [0.1, 0.15) is 43.2 Å². The quantitative estimate of drug-likeness (QED) is 0.703. The molecule has 0 saturated carbocycles. The Labute approximate surface area is 169 Å². The molecule has 0 bridgehead atoms. The monoisotopic (exact) mass is 402 g/mol. The molecule has 3 rings (SSSR count). The number of anilines is 2. The maximum absolute atomic E-state index is 12.7. The van der Waals surface area contributed by atoms with Crippen LogP contribution < -0.4 is 10.2 Å². The van der Waals surface area contributed by atoms with Crippen molar-refractivity contribution in [3.05, 3.63) is 59.7 Å². The van der Waals surface area contributed by atoms with Gasteiger partial charge in [-0.25, -0.2) is 0 Å². The number of para-hydroxylation sites is 1. The van der Waals surface area contributed by atoms with Crippen LogP contribution in [0.15, 0.2) is 48.5 Å². The highest BCUT2D eigenvalue weighted by atomic mass is 35.5. The number of amides is 2. The molecule has 1 saturated heterocycles. The van der Waals surface area contributed by atoms with E-state index in [4.69, 9.17) is 11.6 Å². The molecule has 4 nitrogen and oxygen atoms in total. The van der Waals surface area contributed by atoms with Crippen LogP contribution in [-0.4, -0.2) is 22.9 Å². The highest BCUT2D eigenvalue weighted by Gasteiger charge is 2.35. The SMILES string of the molecule is CC(C)c1ccccc1N1C(=O)CS[C@H]1c1ccc(NC(=O)[C@@H](C)Cl)cc1. The molecule has 1 aliphatic heterocycles. The van der Waals surface area contributed by atoms with Crippen molar-refractivity contribution in [2.45, 2.75) is 37.4 Å². The number of nitrogens with one attached hydrogen (secondary N) is 1. The first-order chi connectivity index (χ1) is 12.9. The largest absolute Gasteiger partial charge is 0.325 e. The molecule has 1 fully saturated rings. The van der Waals surface area contributed by atoms with Crippen molar-refractivity contribution < 1.29 is 9.59 Å². The molecule has 2 amide bonds. The lowest BCUT2D eigenvalue weighted by atomic mass is 10.00.